The zero-order chi connectivity index (χ0) is 15.3. The van der Waals surface area contributed by atoms with Gasteiger partial charge >= 0.3 is 6.03 Å². The molecule has 116 valence electrons. The zero-order valence-corrected chi connectivity index (χ0v) is 12.9. The van der Waals surface area contributed by atoms with Crippen LogP contribution >= 0.6 is 11.6 Å². The molecule has 0 unspecified atom stereocenters. The smallest absolute Gasteiger partial charge is 0.319 e. The molecule has 0 saturated heterocycles. The molecule has 0 aliphatic heterocycles. The van der Waals surface area contributed by atoms with Crippen molar-refractivity contribution in [2.24, 2.45) is 0 Å². The van der Waals surface area contributed by atoms with Gasteiger partial charge in [0.15, 0.2) is 0 Å². The van der Waals surface area contributed by atoms with Crippen LogP contribution in [-0.2, 0) is 0 Å². The molecule has 1 aromatic rings. The predicted octanol–water partition coefficient (Wildman–Crippen LogP) is 3.17. The quantitative estimate of drug-likeness (QED) is 0.799. The van der Waals surface area contributed by atoms with E-state index in [9.17, 15) is 9.90 Å². The van der Waals surface area contributed by atoms with E-state index in [0.29, 0.717) is 16.5 Å². The Balaban J connectivity index is 1.85. The third-order valence-corrected chi connectivity index (χ3v) is 4.07. The number of halogens is 1. The SMILES string of the molecule is COc1ccc(NC(=O)NCC2(O)CCCCC2)cc1Cl. The minimum absolute atomic E-state index is 0.267. The molecule has 2 rings (SSSR count). The summed E-state index contributed by atoms with van der Waals surface area (Å²) in [6.07, 6.45) is 4.64. The molecule has 0 radical (unpaired) electrons. The summed E-state index contributed by atoms with van der Waals surface area (Å²) in [6.45, 7) is 0.267. The number of urea groups is 1. The number of carbonyl (C=O) groups is 1. The number of amides is 2. The molecule has 0 spiro atoms. The molecule has 1 aromatic carbocycles. The largest absolute Gasteiger partial charge is 0.495 e. The molecule has 6 heteroatoms. The van der Waals surface area contributed by atoms with Crippen LogP contribution in [0, 0.1) is 0 Å². The van der Waals surface area contributed by atoms with Gasteiger partial charge in [0.2, 0.25) is 0 Å². The number of hydrogen-bond donors (Lipinski definition) is 3. The zero-order valence-electron chi connectivity index (χ0n) is 12.1. The van der Waals surface area contributed by atoms with Crippen LogP contribution in [0.2, 0.25) is 5.02 Å². The van der Waals surface area contributed by atoms with Crippen LogP contribution in [-0.4, -0.2) is 30.4 Å². The summed E-state index contributed by atoms with van der Waals surface area (Å²) in [7, 11) is 1.53. The lowest BCUT2D eigenvalue weighted by Gasteiger charge is -2.32. The van der Waals surface area contributed by atoms with Gasteiger partial charge in [-0.2, -0.15) is 0 Å². The number of aliphatic hydroxyl groups is 1. The van der Waals surface area contributed by atoms with Crippen molar-refractivity contribution in [1.82, 2.24) is 5.32 Å². The average molecular weight is 313 g/mol. The molecule has 1 aliphatic rings. The fraction of sp³-hybridized carbons (Fsp3) is 0.533. The Kier molecular flexibility index (Phi) is 5.31. The molecule has 1 fully saturated rings. The summed E-state index contributed by atoms with van der Waals surface area (Å²) in [4.78, 5) is 11.9. The molecule has 0 bridgehead atoms. The third kappa shape index (κ3) is 4.51. The van der Waals surface area contributed by atoms with Crippen LogP contribution in [0.3, 0.4) is 0 Å². The molecule has 3 N–H and O–H groups in total. The van der Waals surface area contributed by atoms with E-state index in [1.807, 2.05) is 0 Å². The van der Waals surface area contributed by atoms with E-state index in [4.69, 9.17) is 16.3 Å². The van der Waals surface area contributed by atoms with E-state index >= 15 is 0 Å². The highest BCUT2D eigenvalue weighted by molar-refractivity contribution is 6.32. The molecule has 0 atom stereocenters. The van der Waals surface area contributed by atoms with Crippen LogP contribution in [0.15, 0.2) is 18.2 Å². The Morgan fingerprint density at radius 2 is 2.10 bits per heavy atom. The first-order valence-electron chi connectivity index (χ1n) is 7.13. The van der Waals surface area contributed by atoms with E-state index in [-0.39, 0.29) is 12.6 Å². The molecule has 1 saturated carbocycles. The van der Waals surface area contributed by atoms with E-state index in [1.165, 1.54) is 7.11 Å². The van der Waals surface area contributed by atoms with Crippen molar-refractivity contribution in [3.63, 3.8) is 0 Å². The second-order valence-corrected chi connectivity index (χ2v) is 5.85. The summed E-state index contributed by atoms with van der Waals surface area (Å²) in [5.74, 6) is 0.555. The summed E-state index contributed by atoms with van der Waals surface area (Å²) >= 11 is 6.00. The van der Waals surface area contributed by atoms with Gasteiger partial charge in [0, 0.05) is 12.2 Å². The number of rotatable bonds is 4. The summed E-state index contributed by atoms with van der Waals surface area (Å²) in [5, 5.41) is 16.2. The Morgan fingerprint density at radius 3 is 2.71 bits per heavy atom. The van der Waals surface area contributed by atoms with Crippen molar-refractivity contribution in [3.8, 4) is 5.75 Å². The number of benzene rings is 1. The first kappa shape index (κ1) is 15.9. The topological polar surface area (TPSA) is 70.6 Å². The van der Waals surface area contributed by atoms with Crippen molar-refractivity contribution in [2.75, 3.05) is 19.0 Å². The Morgan fingerprint density at radius 1 is 1.38 bits per heavy atom. The number of nitrogens with one attached hydrogen (secondary N) is 2. The van der Waals surface area contributed by atoms with E-state index < -0.39 is 5.60 Å². The molecule has 2 amide bonds. The van der Waals surface area contributed by atoms with Crippen molar-refractivity contribution < 1.29 is 14.6 Å². The molecule has 5 nitrogen and oxygen atoms in total. The fourth-order valence-corrected chi connectivity index (χ4v) is 2.81. The van der Waals surface area contributed by atoms with Gasteiger partial charge in [0.25, 0.3) is 0 Å². The van der Waals surface area contributed by atoms with E-state index in [1.54, 1.807) is 18.2 Å². The number of hydrogen-bond acceptors (Lipinski definition) is 3. The highest BCUT2D eigenvalue weighted by atomic mass is 35.5. The number of anilines is 1. The predicted molar refractivity (Wildman–Crippen MR) is 83.1 cm³/mol. The number of methoxy groups -OCH3 is 1. The normalized spacial score (nSPS) is 17.1. The first-order valence-corrected chi connectivity index (χ1v) is 7.51. The number of carbonyl (C=O) groups excluding carboxylic acids is 1. The summed E-state index contributed by atoms with van der Waals surface area (Å²) < 4.78 is 5.05. The second-order valence-electron chi connectivity index (χ2n) is 5.44. The van der Waals surface area contributed by atoms with Crippen LogP contribution < -0.4 is 15.4 Å². The van der Waals surface area contributed by atoms with Gasteiger partial charge in [0.05, 0.1) is 17.7 Å². The maximum atomic E-state index is 11.9. The minimum atomic E-state index is -0.771. The summed E-state index contributed by atoms with van der Waals surface area (Å²) in [5.41, 5.74) is -0.193. The van der Waals surface area contributed by atoms with Crippen molar-refractivity contribution in [1.29, 1.82) is 0 Å². The molecular formula is C15H21ClN2O3. The van der Waals surface area contributed by atoms with Gasteiger partial charge in [0.1, 0.15) is 5.75 Å². The van der Waals surface area contributed by atoms with Crippen molar-refractivity contribution in [3.05, 3.63) is 23.2 Å². The highest BCUT2D eigenvalue weighted by Crippen LogP contribution is 2.28. The monoisotopic (exact) mass is 312 g/mol. The van der Waals surface area contributed by atoms with Gasteiger partial charge in [-0.05, 0) is 31.0 Å². The van der Waals surface area contributed by atoms with E-state index in [0.717, 1.165) is 32.1 Å². The van der Waals surface area contributed by atoms with Crippen molar-refractivity contribution in [2.45, 2.75) is 37.7 Å². The lowest BCUT2D eigenvalue weighted by atomic mass is 9.85. The standard InChI is InChI=1S/C15H21ClN2O3/c1-21-13-6-5-11(9-12(13)16)18-14(19)17-10-15(20)7-3-2-4-8-15/h5-6,9,20H,2-4,7-8,10H2,1H3,(H2,17,18,19). The van der Waals surface area contributed by atoms with Gasteiger partial charge in [-0.15, -0.1) is 0 Å². The molecular weight excluding hydrogens is 292 g/mol. The highest BCUT2D eigenvalue weighted by Gasteiger charge is 2.29. The van der Waals surface area contributed by atoms with Crippen LogP contribution in [0.1, 0.15) is 32.1 Å². The fourth-order valence-electron chi connectivity index (χ4n) is 2.55. The maximum absolute atomic E-state index is 11.9. The van der Waals surface area contributed by atoms with Crippen LogP contribution in [0.5, 0.6) is 5.75 Å². The molecule has 0 heterocycles. The Bertz CT molecular complexity index is 502. The van der Waals surface area contributed by atoms with Crippen LogP contribution in [0.25, 0.3) is 0 Å². The minimum Gasteiger partial charge on any atom is -0.495 e. The lowest BCUT2D eigenvalue weighted by Crippen LogP contribution is -2.45. The van der Waals surface area contributed by atoms with Crippen LogP contribution in [0.4, 0.5) is 10.5 Å². The lowest BCUT2D eigenvalue weighted by molar-refractivity contribution is 0.00755. The Labute approximate surface area is 129 Å². The van der Waals surface area contributed by atoms with Crippen molar-refractivity contribution >= 4 is 23.3 Å². The molecule has 21 heavy (non-hydrogen) atoms. The molecule has 0 aromatic heterocycles. The van der Waals surface area contributed by atoms with Gasteiger partial charge in [-0.1, -0.05) is 30.9 Å². The first-order chi connectivity index (χ1) is 10.0. The molecule has 1 aliphatic carbocycles. The van der Waals surface area contributed by atoms with Gasteiger partial charge in [-0.3, -0.25) is 0 Å². The second kappa shape index (κ2) is 7.00. The third-order valence-electron chi connectivity index (χ3n) is 3.77. The van der Waals surface area contributed by atoms with Gasteiger partial charge < -0.3 is 20.5 Å². The summed E-state index contributed by atoms with van der Waals surface area (Å²) in [6, 6.07) is 4.66. The number of ether oxygens (including phenoxy) is 1. The maximum Gasteiger partial charge on any atom is 0.319 e. The Hall–Kier alpha value is -1.46. The van der Waals surface area contributed by atoms with Gasteiger partial charge in [-0.25, -0.2) is 4.79 Å². The average Bonchev–Trinajstić information content (AvgIpc) is 2.46. The van der Waals surface area contributed by atoms with E-state index in [2.05, 4.69) is 10.6 Å².